The van der Waals surface area contributed by atoms with Crippen molar-refractivity contribution in [3.05, 3.63) is 72.1 Å². The van der Waals surface area contributed by atoms with Crippen molar-refractivity contribution >= 4 is 27.3 Å². The summed E-state index contributed by atoms with van der Waals surface area (Å²) in [5, 5.41) is 0. The third kappa shape index (κ3) is 4.04. The van der Waals surface area contributed by atoms with Crippen molar-refractivity contribution in [2.24, 2.45) is 0 Å². The van der Waals surface area contributed by atoms with E-state index in [1.54, 1.807) is 41.4 Å². The van der Waals surface area contributed by atoms with Crippen LogP contribution >= 0.6 is 0 Å². The number of hydrogen-bond donors (Lipinski definition) is 1. The highest BCUT2D eigenvalue weighted by Crippen LogP contribution is 2.34. The number of hydrogen-bond acceptors (Lipinski definition) is 6. The van der Waals surface area contributed by atoms with E-state index in [9.17, 15) is 13.2 Å². The van der Waals surface area contributed by atoms with Gasteiger partial charge in [0.2, 0.25) is 0 Å². The molecule has 4 rings (SSSR count). The highest BCUT2D eigenvalue weighted by atomic mass is 32.2. The van der Waals surface area contributed by atoms with Crippen molar-refractivity contribution in [3.8, 4) is 11.5 Å². The summed E-state index contributed by atoms with van der Waals surface area (Å²) in [5.41, 5.74) is 2.46. The van der Waals surface area contributed by atoms with Crippen molar-refractivity contribution < 1.29 is 22.7 Å². The molecule has 0 radical (unpaired) electrons. The molecule has 0 bridgehead atoms. The van der Waals surface area contributed by atoms with Crippen molar-refractivity contribution in [2.45, 2.75) is 11.3 Å². The number of nitrogens with zero attached hydrogens (tertiary/aromatic N) is 2. The topological polar surface area (TPSA) is 97.8 Å². The van der Waals surface area contributed by atoms with Gasteiger partial charge in [-0.25, -0.2) is 8.42 Å². The normalized spacial score (nSPS) is 12.9. The number of fused-ring (bicyclic) bond motifs is 1. The quantitative estimate of drug-likeness (QED) is 0.634. The maximum absolute atomic E-state index is 13.1. The van der Waals surface area contributed by atoms with E-state index in [-0.39, 0.29) is 16.6 Å². The molecule has 0 fully saturated rings. The van der Waals surface area contributed by atoms with Gasteiger partial charge in [-0.1, -0.05) is 6.07 Å². The summed E-state index contributed by atoms with van der Waals surface area (Å²) in [7, 11) is -1.11. The zero-order valence-corrected chi connectivity index (χ0v) is 17.8. The highest BCUT2D eigenvalue weighted by Gasteiger charge is 2.27. The van der Waals surface area contributed by atoms with E-state index in [0.717, 1.165) is 5.56 Å². The van der Waals surface area contributed by atoms with E-state index in [1.165, 1.54) is 32.5 Å². The van der Waals surface area contributed by atoms with Crippen molar-refractivity contribution in [2.75, 3.05) is 30.4 Å². The second-order valence-corrected chi connectivity index (χ2v) is 8.57. The number of ether oxygens (including phenoxy) is 2. The molecule has 1 amide bonds. The summed E-state index contributed by atoms with van der Waals surface area (Å²) in [5.74, 6) is 0.410. The van der Waals surface area contributed by atoms with E-state index in [2.05, 4.69) is 9.71 Å². The first-order valence-electron chi connectivity index (χ1n) is 9.52. The Balaban J connectivity index is 1.65. The molecule has 1 aliphatic heterocycles. The van der Waals surface area contributed by atoms with Crippen LogP contribution in [-0.2, 0) is 16.4 Å². The number of methoxy groups -OCH3 is 2. The lowest BCUT2D eigenvalue weighted by atomic mass is 10.1. The summed E-state index contributed by atoms with van der Waals surface area (Å²) < 4.78 is 39.0. The van der Waals surface area contributed by atoms with Crippen molar-refractivity contribution in [1.29, 1.82) is 0 Å². The van der Waals surface area contributed by atoms with Gasteiger partial charge in [-0.2, -0.15) is 0 Å². The smallest absolute Gasteiger partial charge is 0.265 e. The maximum Gasteiger partial charge on any atom is 0.265 e. The molecule has 160 valence electrons. The number of benzene rings is 2. The first-order chi connectivity index (χ1) is 14.9. The van der Waals surface area contributed by atoms with E-state index in [4.69, 9.17) is 9.47 Å². The number of anilines is 2. The predicted octanol–water partition coefficient (Wildman–Crippen LogP) is 3.10. The molecule has 1 aromatic heterocycles. The minimum atomic E-state index is -3.96. The summed E-state index contributed by atoms with van der Waals surface area (Å²) in [6.45, 7) is 0.517. The Morgan fingerprint density at radius 2 is 1.94 bits per heavy atom. The van der Waals surface area contributed by atoms with Gasteiger partial charge in [-0.15, -0.1) is 0 Å². The average molecular weight is 439 g/mol. The molecule has 2 heterocycles. The number of nitrogens with one attached hydrogen (secondary N) is 1. The van der Waals surface area contributed by atoms with Gasteiger partial charge in [0.15, 0.2) is 0 Å². The number of rotatable bonds is 6. The molecule has 0 aliphatic carbocycles. The zero-order valence-electron chi connectivity index (χ0n) is 17.0. The number of amides is 1. The van der Waals surface area contributed by atoms with Crippen LogP contribution in [0.15, 0.2) is 65.8 Å². The van der Waals surface area contributed by atoms with Crippen LogP contribution in [0.3, 0.4) is 0 Å². The predicted molar refractivity (Wildman–Crippen MR) is 116 cm³/mol. The third-order valence-corrected chi connectivity index (χ3v) is 6.45. The minimum absolute atomic E-state index is 0.0434. The summed E-state index contributed by atoms with van der Waals surface area (Å²) >= 11 is 0. The fourth-order valence-electron chi connectivity index (χ4n) is 3.50. The summed E-state index contributed by atoms with van der Waals surface area (Å²) in [4.78, 5) is 18.5. The molecule has 1 N–H and O–H groups in total. The number of aromatic nitrogens is 1. The molecule has 0 atom stereocenters. The summed E-state index contributed by atoms with van der Waals surface area (Å²) in [6, 6.07) is 13.1. The largest absolute Gasteiger partial charge is 0.497 e. The SMILES string of the molecule is COc1ccc(OC)c(S(=O)(=O)Nc2ccc3c(c2)N(C(=O)c2cccnc2)CC3)c1. The van der Waals surface area contributed by atoms with Gasteiger partial charge in [0.25, 0.3) is 15.9 Å². The van der Waals surface area contributed by atoms with Crippen molar-refractivity contribution in [3.63, 3.8) is 0 Å². The number of carbonyl (C=O) groups is 1. The number of pyridine rings is 1. The molecule has 3 aromatic rings. The zero-order chi connectivity index (χ0) is 22.0. The van der Waals surface area contributed by atoms with Gasteiger partial charge < -0.3 is 14.4 Å². The van der Waals surface area contributed by atoms with E-state index < -0.39 is 10.0 Å². The number of sulfonamides is 1. The Morgan fingerprint density at radius 3 is 2.65 bits per heavy atom. The van der Waals surface area contributed by atoms with Gasteiger partial charge in [0.05, 0.1) is 25.5 Å². The molecule has 0 unspecified atom stereocenters. The molecule has 1 aliphatic rings. The van der Waals surface area contributed by atoms with E-state index in [0.29, 0.717) is 35.7 Å². The van der Waals surface area contributed by atoms with Crippen LogP contribution in [0.2, 0.25) is 0 Å². The van der Waals surface area contributed by atoms with Crippen molar-refractivity contribution in [1.82, 2.24) is 4.98 Å². The fourth-order valence-corrected chi connectivity index (χ4v) is 4.74. The molecule has 0 spiro atoms. The Labute approximate surface area is 180 Å². The maximum atomic E-state index is 13.1. The standard InChI is InChI=1S/C22H21N3O5S/c1-29-18-7-8-20(30-2)21(13-18)31(27,28)24-17-6-5-15-9-11-25(19(15)12-17)22(26)16-4-3-10-23-14-16/h3-8,10,12-14,24H,9,11H2,1-2H3. The molecule has 9 heteroatoms. The third-order valence-electron chi connectivity index (χ3n) is 5.05. The summed E-state index contributed by atoms with van der Waals surface area (Å²) in [6.07, 6.45) is 3.81. The average Bonchev–Trinajstić information content (AvgIpc) is 3.21. The second-order valence-electron chi connectivity index (χ2n) is 6.91. The molecule has 0 saturated heterocycles. The fraction of sp³-hybridized carbons (Fsp3) is 0.182. The van der Waals surface area contributed by atoms with Gasteiger partial charge in [0, 0.05) is 30.7 Å². The monoisotopic (exact) mass is 439 g/mol. The second kappa shape index (κ2) is 8.27. The van der Waals surface area contributed by atoms with Gasteiger partial charge in [-0.05, 0) is 48.4 Å². The molecular formula is C22H21N3O5S. The lowest BCUT2D eigenvalue weighted by molar-refractivity contribution is 0.0989. The van der Waals surface area contributed by atoms with Gasteiger partial charge in [0.1, 0.15) is 16.4 Å². The van der Waals surface area contributed by atoms with Crippen LogP contribution in [0.5, 0.6) is 11.5 Å². The molecular weight excluding hydrogens is 418 g/mol. The molecule has 0 saturated carbocycles. The van der Waals surface area contributed by atoms with Crippen LogP contribution in [0.25, 0.3) is 0 Å². The lowest BCUT2D eigenvalue weighted by Crippen LogP contribution is -2.29. The van der Waals surface area contributed by atoms with Gasteiger partial charge >= 0.3 is 0 Å². The van der Waals surface area contributed by atoms with E-state index >= 15 is 0 Å². The first-order valence-corrected chi connectivity index (χ1v) is 11.0. The van der Waals surface area contributed by atoms with Crippen LogP contribution < -0.4 is 19.1 Å². The Bertz CT molecular complexity index is 1230. The highest BCUT2D eigenvalue weighted by molar-refractivity contribution is 7.92. The molecule has 8 nitrogen and oxygen atoms in total. The Hall–Kier alpha value is -3.59. The van der Waals surface area contributed by atoms with Gasteiger partial charge in [-0.3, -0.25) is 14.5 Å². The Kier molecular flexibility index (Phi) is 5.51. The Morgan fingerprint density at radius 1 is 1.10 bits per heavy atom. The van der Waals surface area contributed by atoms with Crippen LogP contribution in [-0.4, -0.2) is 40.1 Å². The molecule has 31 heavy (non-hydrogen) atoms. The minimum Gasteiger partial charge on any atom is -0.497 e. The number of carbonyl (C=O) groups excluding carboxylic acids is 1. The molecule has 2 aromatic carbocycles. The lowest BCUT2D eigenvalue weighted by Gasteiger charge is -2.18. The van der Waals surface area contributed by atoms with Crippen LogP contribution in [0.4, 0.5) is 11.4 Å². The van der Waals surface area contributed by atoms with Crippen LogP contribution in [0.1, 0.15) is 15.9 Å². The van der Waals surface area contributed by atoms with Crippen LogP contribution in [0, 0.1) is 0 Å². The first kappa shape index (κ1) is 20.7. The van der Waals surface area contributed by atoms with E-state index in [1.807, 2.05) is 6.07 Å².